The van der Waals surface area contributed by atoms with E-state index in [4.69, 9.17) is 0 Å². The van der Waals surface area contributed by atoms with Gasteiger partial charge in [-0.25, -0.2) is 17.8 Å². The predicted octanol–water partition coefficient (Wildman–Crippen LogP) is 1.95. The van der Waals surface area contributed by atoms with E-state index in [9.17, 15) is 17.6 Å². The van der Waals surface area contributed by atoms with E-state index in [1.807, 2.05) is 24.4 Å². The van der Waals surface area contributed by atoms with Crippen LogP contribution in [0.2, 0.25) is 0 Å². The molecule has 34 heavy (non-hydrogen) atoms. The molecular formula is C24H32FN5O3S. The van der Waals surface area contributed by atoms with E-state index in [1.54, 1.807) is 4.90 Å². The number of pyridine rings is 1. The Bertz CT molecular complexity index is 1080. The maximum atomic E-state index is 14.0. The third-order valence-electron chi connectivity index (χ3n) is 6.52. The maximum absolute atomic E-state index is 14.0. The minimum absolute atomic E-state index is 0.274. The summed E-state index contributed by atoms with van der Waals surface area (Å²) in [5, 5.41) is 0. The van der Waals surface area contributed by atoms with Crippen LogP contribution in [0.1, 0.15) is 19.8 Å². The molecule has 0 saturated carbocycles. The Morgan fingerprint density at radius 3 is 2.56 bits per heavy atom. The van der Waals surface area contributed by atoms with Crippen molar-refractivity contribution in [3.05, 3.63) is 54.5 Å². The number of rotatable bonds is 7. The molecule has 2 saturated heterocycles. The van der Waals surface area contributed by atoms with E-state index in [0.717, 1.165) is 57.4 Å². The highest BCUT2D eigenvalue weighted by molar-refractivity contribution is 7.89. The predicted molar refractivity (Wildman–Crippen MR) is 128 cm³/mol. The van der Waals surface area contributed by atoms with Gasteiger partial charge in [0.1, 0.15) is 16.5 Å². The molecular weight excluding hydrogens is 457 g/mol. The number of anilines is 1. The van der Waals surface area contributed by atoms with Gasteiger partial charge in [0.2, 0.25) is 15.9 Å². The van der Waals surface area contributed by atoms with Gasteiger partial charge in [-0.1, -0.05) is 18.2 Å². The van der Waals surface area contributed by atoms with E-state index in [0.29, 0.717) is 19.0 Å². The summed E-state index contributed by atoms with van der Waals surface area (Å²) in [7, 11) is -4.13. The van der Waals surface area contributed by atoms with Crippen molar-refractivity contribution in [2.45, 2.75) is 30.7 Å². The second kappa shape index (κ2) is 10.8. The molecule has 3 heterocycles. The number of halogens is 1. The zero-order valence-electron chi connectivity index (χ0n) is 19.4. The van der Waals surface area contributed by atoms with Crippen molar-refractivity contribution in [3.8, 4) is 0 Å². The normalized spacial score (nSPS) is 20.8. The van der Waals surface area contributed by atoms with Crippen LogP contribution in [0.15, 0.2) is 53.6 Å². The first-order valence-electron chi connectivity index (χ1n) is 11.8. The molecule has 1 unspecified atom stereocenters. The molecule has 1 aromatic heterocycles. The third-order valence-corrected chi connectivity index (χ3v) is 8.10. The van der Waals surface area contributed by atoms with Crippen LogP contribution in [0.5, 0.6) is 0 Å². The van der Waals surface area contributed by atoms with Gasteiger partial charge in [-0.15, -0.1) is 0 Å². The number of hydrogen-bond donors (Lipinski definition) is 1. The number of sulfonamides is 1. The summed E-state index contributed by atoms with van der Waals surface area (Å²) in [5.74, 6) is 0.235. The number of amides is 1. The standard InChI is InChI=1S/C24H32FN5O3S/c1-19(27-34(32,33)22-9-3-2-8-21(22)25)24(31)30-12-6-7-20(18-30)17-28-13-15-29(16-14-28)23-10-4-5-11-26-23/h2-5,8-11,19-20,27H,6-7,12-18H2,1H3/t19-,20?/m0/s1. The smallest absolute Gasteiger partial charge is 0.244 e. The highest BCUT2D eigenvalue weighted by Gasteiger charge is 2.31. The molecule has 2 aliphatic rings. The van der Waals surface area contributed by atoms with Crippen LogP contribution in [0.25, 0.3) is 0 Å². The highest BCUT2D eigenvalue weighted by Crippen LogP contribution is 2.21. The van der Waals surface area contributed by atoms with Crippen LogP contribution in [0, 0.1) is 11.7 Å². The number of carbonyl (C=O) groups is 1. The first-order valence-corrected chi connectivity index (χ1v) is 13.3. The molecule has 2 atom stereocenters. The Morgan fingerprint density at radius 1 is 1.12 bits per heavy atom. The van der Waals surface area contributed by atoms with Crippen LogP contribution < -0.4 is 9.62 Å². The van der Waals surface area contributed by atoms with E-state index in [-0.39, 0.29) is 5.91 Å². The summed E-state index contributed by atoms with van der Waals surface area (Å²) >= 11 is 0. The molecule has 1 aromatic carbocycles. The number of likely N-dealkylation sites (tertiary alicyclic amines) is 1. The lowest BCUT2D eigenvalue weighted by Gasteiger charge is -2.40. The Hall–Kier alpha value is -2.56. The van der Waals surface area contributed by atoms with Crippen molar-refractivity contribution in [2.24, 2.45) is 5.92 Å². The second-order valence-corrected chi connectivity index (χ2v) is 10.7. The fourth-order valence-electron chi connectivity index (χ4n) is 4.76. The molecule has 4 rings (SSSR count). The average molecular weight is 490 g/mol. The van der Waals surface area contributed by atoms with Gasteiger partial charge in [0.15, 0.2) is 0 Å². The lowest BCUT2D eigenvalue weighted by Crippen LogP contribution is -2.53. The number of piperidine rings is 1. The van der Waals surface area contributed by atoms with Gasteiger partial charge in [-0.05, 0) is 49.9 Å². The summed E-state index contributed by atoms with van der Waals surface area (Å²) in [6.45, 7) is 7.36. The molecule has 0 bridgehead atoms. The van der Waals surface area contributed by atoms with Gasteiger partial charge < -0.3 is 9.80 Å². The quantitative estimate of drug-likeness (QED) is 0.640. The number of nitrogens with zero attached hydrogens (tertiary/aromatic N) is 4. The molecule has 0 spiro atoms. The topological polar surface area (TPSA) is 85.8 Å². The zero-order valence-corrected chi connectivity index (χ0v) is 20.3. The number of aromatic nitrogens is 1. The van der Waals surface area contributed by atoms with Gasteiger partial charge in [0.25, 0.3) is 0 Å². The Morgan fingerprint density at radius 2 is 1.85 bits per heavy atom. The van der Waals surface area contributed by atoms with Crippen molar-refractivity contribution in [1.29, 1.82) is 0 Å². The summed E-state index contributed by atoms with van der Waals surface area (Å²) in [4.78, 5) is 23.5. The fourth-order valence-corrected chi connectivity index (χ4v) is 6.04. The molecule has 0 radical (unpaired) electrons. The van der Waals surface area contributed by atoms with Crippen molar-refractivity contribution in [2.75, 3.05) is 50.7 Å². The molecule has 0 aliphatic carbocycles. The van der Waals surface area contributed by atoms with Gasteiger partial charge in [0.05, 0.1) is 6.04 Å². The molecule has 2 fully saturated rings. The Balaban J connectivity index is 1.28. The largest absolute Gasteiger partial charge is 0.354 e. The molecule has 1 amide bonds. The monoisotopic (exact) mass is 489 g/mol. The van der Waals surface area contributed by atoms with Gasteiger partial charge in [-0.3, -0.25) is 9.69 Å². The summed E-state index contributed by atoms with van der Waals surface area (Å²) in [5.41, 5.74) is 0. The van der Waals surface area contributed by atoms with E-state index < -0.39 is 26.8 Å². The minimum Gasteiger partial charge on any atom is -0.354 e. The van der Waals surface area contributed by atoms with Gasteiger partial charge in [0, 0.05) is 52.0 Å². The Labute approximate surface area is 200 Å². The van der Waals surface area contributed by atoms with Crippen LogP contribution in [0.4, 0.5) is 10.2 Å². The number of piperazine rings is 1. The summed E-state index contributed by atoms with van der Waals surface area (Å²) < 4.78 is 41.4. The van der Waals surface area contributed by atoms with Crippen molar-refractivity contribution in [1.82, 2.24) is 19.5 Å². The number of carbonyl (C=O) groups excluding carboxylic acids is 1. The fraction of sp³-hybridized carbons (Fsp3) is 0.500. The molecule has 2 aromatic rings. The summed E-state index contributed by atoms with van der Waals surface area (Å²) in [6.07, 6.45) is 3.74. The van der Waals surface area contributed by atoms with Crippen molar-refractivity contribution < 1.29 is 17.6 Å². The minimum atomic E-state index is -4.13. The molecule has 8 nitrogen and oxygen atoms in total. The van der Waals surface area contributed by atoms with Crippen LogP contribution >= 0.6 is 0 Å². The SMILES string of the molecule is C[C@H](NS(=O)(=O)c1ccccc1F)C(=O)N1CCCC(CN2CCN(c3ccccn3)CC2)C1. The van der Waals surface area contributed by atoms with E-state index in [1.165, 1.54) is 25.1 Å². The van der Waals surface area contributed by atoms with E-state index >= 15 is 0 Å². The van der Waals surface area contributed by atoms with Gasteiger partial charge >= 0.3 is 0 Å². The second-order valence-electron chi connectivity index (χ2n) is 9.04. The molecule has 10 heteroatoms. The molecule has 1 N–H and O–H groups in total. The zero-order chi connectivity index (χ0) is 24.1. The van der Waals surface area contributed by atoms with E-state index in [2.05, 4.69) is 19.5 Å². The highest BCUT2D eigenvalue weighted by atomic mass is 32.2. The van der Waals surface area contributed by atoms with Crippen LogP contribution in [0.3, 0.4) is 0 Å². The Kier molecular flexibility index (Phi) is 7.80. The van der Waals surface area contributed by atoms with Crippen LogP contribution in [-0.4, -0.2) is 81.0 Å². The van der Waals surface area contributed by atoms with Crippen molar-refractivity contribution in [3.63, 3.8) is 0 Å². The lowest BCUT2D eigenvalue weighted by molar-refractivity contribution is -0.134. The number of nitrogens with one attached hydrogen (secondary N) is 1. The van der Waals surface area contributed by atoms with Crippen LogP contribution in [-0.2, 0) is 14.8 Å². The first kappa shape index (κ1) is 24.6. The molecule has 2 aliphatic heterocycles. The van der Waals surface area contributed by atoms with Crippen molar-refractivity contribution >= 4 is 21.7 Å². The maximum Gasteiger partial charge on any atom is 0.244 e. The number of benzene rings is 1. The first-order chi connectivity index (χ1) is 16.3. The summed E-state index contributed by atoms with van der Waals surface area (Å²) in [6, 6.07) is 10.1. The molecule has 184 valence electrons. The number of hydrogen-bond acceptors (Lipinski definition) is 6. The average Bonchev–Trinajstić information content (AvgIpc) is 2.84. The lowest BCUT2D eigenvalue weighted by atomic mass is 9.96. The third kappa shape index (κ3) is 5.92. The van der Waals surface area contributed by atoms with Gasteiger partial charge in [-0.2, -0.15) is 4.72 Å².